The lowest BCUT2D eigenvalue weighted by Gasteiger charge is -2.50. The van der Waals surface area contributed by atoms with E-state index in [0.29, 0.717) is 5.41 Å². The van der Waals surface area contributed by atoms with E-state index in [0.717, 1.165) is 29.8 Å². The number of piperidine rings is 1. The molecular formula is C20H43N. The predicted octanol–water partition coefficient (Wildman–Crippen LogP) is 6.23. The van der Waals surface area contributed by atoms with Crippen molar-refractivity contribution in [1.82, 2.24) is 4.90 Å². The van der Waals surface area contributed by atoms with Crippen molar-refractivity contribution >= 4 is 0 Å². The summed E-state index contributed by atoms with van der Waals surface area (Å²) in [6.45, 7) is 24.6. The summed E-state index contributed by atoms with van der Waals surface area (Å²) in [4.78, 5) is 2.74. The molecule has 1 heterocycles. The molecule has 0 amide bonds. The van der Waals surface area contributed by atoms with Crippen LogP contribution in [-0.2, 0) is 0 Å². The van der Waals surface area contributed by atoms with Gasteiger partial charge >= 0.3 is 0 Å². The molecule has 1 fully saturated rings. The van der Waals surface area contributed by atoms with E-state index >= 15 is 0 Å². The van der Waals surface area contributed by atoms with E-state index in [-0.39, 0.29) is 0 Å². The average molecular weight is 298 g/mol. The maximum Gasteiger partial charge on any atom is 0.00727 e. The van der Waals surface area contributed by atoms with E-state index in [1.807, 2.05) is 13.8 Å². The molecule has 0 aromatic carbocycles. The highest BCUT2D eigenvalue weighted by molar-refractivity contribution is 4.92. The van der Waals surface area contributed by atoms with Gasteiger partial charge in [-0.25, -0.2) is 0 Å². The second-order valence-electron chi connectivity index (χ2n) is 8.09. The van der Waals surface area contributed by atoms with E-state index < -0.39 is 0 Å². The molecule has 0 aromatic heterocycles. The molecule has 0 aromatic rings. The van der Waals surface area contributed by atoms with Crippen molar-refractivity contribution < 1.29 is 0 Å². The van der Waals surface area contributed by atoms with Crippen molar-refractivity contribution in [3.8, 4) is 0 Å². The fraction of sp³-hybridized carbons (Fsp3) is 1.00. The molecule has 1 rings (SSSR count). The van der Waals surface area contributed by atoms with Crippen LogP contribution in [0.4, 0.5) is 0 Å². The second-order valence-corrected chi connectivity index (χ2v) is 8.09. The topological polar surface area (TPSA) is 3.24 Å². The Labute approximate surface area is 135 Å². The van der Waals surface area contributed by atoms with Crippen LogP contribution < -0.4 is 0 Å². The van der Waals surface area contributed by atoms with Gasteiger partial charge in [0.05, 0.1) is 0 Å². The Kier molecular flexibility index (Phi) is 9.16. The number of nitrogens with zero attached hydrogens (tertiary/aromatic N) is 1. The van der Waals surface area contributed by atoms with Gasteiger partial charge in [-0.1, -0.05) is 61.8 Å². The van der Waals surface area contributed by atoms with Crippen LogP contribution in [0.15, 0.2) is 0 Å². The van der Waals surface area contributed by atoms with Crippen LogP contribution in [0.3, 0.4) is 0 Å². The zero-order valence-electron chi connectivity index (χ0n) is 16.7. The maximum absolute atomic E-state index is 2.74. The summed E-state index contributed by atoms with van der Waals surface area (Å²) >= 11 is 0. The molecule has 0 bridgehead atoms. The summed E-state index contributed by atoms with van der Waals surface area (Å²) in [6, 6.07) is 1.50. The predicted molar refractivity (Wildman–Crippen MR) is 97.8 cm³/mol. The SMILES string of the molecule is CC.CCC(C)C(C)(C)C1CC(C)N(CC(C)C)C(C)C1. The Morgan fingerprint density at radius 2 is 1.43 bits per heavy atom. The first-order valence-electron chi connectivity index (χ1n) is 9.45. The lowest BCUT2D eigenvalue weighted by molar-refractivity contribution is -0.00491. The third-order valence-electron chi connectivity index (χ3n) is 5.89. The molecule has 3 unspecified atom stereocenters. The smallest absolute Gasteiger partial charge is 0.00727 e. The first-order chi connectivity index (χ1) is 9.70. The summed E-state index contributed by atoms with van der Waals surface area (Å²) in [5.74, 6) is 2.49. The quantitative estimate of drug-likeness (QED) is 0.581. The van der Waals surface area contributed by atoms with Crippen molar-refractivity contribution in [3.63, 3.8) is 0 Å². The van der Waals surface area contributed by atoms with Gasteiger partial charge in [0.15, 0.2) is 0 Å². The third kappa shape index (κ3) is 5.58. The fourth-order valence-corrected chi connectivity index (χ4v) is 3.94. The molecule has 1 aliphatic rings. The molecule has 1 saturated heterocycles. The first-order valence-corrected chi connectivity index (χ1v) is 9.45. The summed E-state index contributed by atoms with van der Waals surface area (Å²) in [7, 11) is 0. The van der Waals surface area contributed by atoms with Crippen LogP contribution in [0.5, 0.6) is 0 Å². The Bertz CT molecular complexity index is 257. The number of hydrogen-bond donors (Lipinski definition) is 0. The number of hydrogen-bond acceptors (Lipinski definition) is 1. The van der Waals surface area contributed by atoms with Gasteiger partial charge in [-0.2, -0.15) is 0 Å². The number of likely N-dealkylation sites (tertiary alicyclic amines) is 1. The van der Waals surface area contributed by atoms with Gasteiger partial charge < -0.3 is 0 Å². The van der Waals surface area contributed by atoms with Gasteiger partial charge in [0.2, 0.25) is 0 Å². The van der Waals surface area contributed by atoms with Gasteiger partial charge in [0, 0.05) is 18.6 Å². The molecule has 0 aliphatic carbocycles. The normalized spacial score (nSPS) is 29.0. The molecule has 1 heteroatoms. The Balaban J connectivity index is 0.00000191. The van der Waals surface area contributed by atoms with E-state index in [1.165, 1.54) is 25.8 Å². The van der Waals surface area contributed by atoms with Crippen molar-refractivity contribution in [3.05, 3.63) is 0 Å². The van der Waals surface area contributed by atoms with E-state index in [1.54, 1.807) is 0 Å². The molecule has 0 N–H and O–H groups in total. The molecule has 21 heavy (non-hydrogen) atoms. The van der Waals surface area contributed by atoms with Crippen LogP contribution in [0, 0.1) is 23.2 Å². The summed E-state index contributed by atoms with van der Waals surface area (Å²) in [5, 5.41) is 0. The zero-order valence-corrected chi connectivity index (χ0v) is 16.7. The standard InChI is InChI=1S/C18H37N.C2H6/c1-9-14(4)18(7,8)17-10-15(5)19(12-13(2)3)16(6)11-17;1-2/h13-17H,9-12H2,1-8H3;1-2H3. The summed E-state index contributed by atoms with van der Waals surface area (Å²) in [5.41, 5.74) is 0.487. The molecule has 1 nitrogen and oxygen atoms in total. The average Bonchev–Trinajstić information content (AvgIpc) is 2.43. The lowest BCUT2D eigenvalue weighted by atomic mass is 9.64. The molecule has 0 saturated carbocycles. The fourth-order valence-electron chi connectivity index (χ4n) is 3.94. The lowest BCUT2D eigenvalue weighted by Crippen LogP contribution is -2.51. The molecule has 0 radical (unpaired) electrons. The minimum absolute atomic E-state index is 0.487. The van der Waals surface area contributed by atoms with Crippen molar-refractivity contribution in [2.24, 2.45) is 23.2 Å². The maximum atomic E-state index is 2.74. The minimum atomic E-state index is 0.487. The minimum Gasteiger partial charge on any atom is -0.298 e. The van der Waals surface area contributed by atoms with E-state index in [4.69, 9.17) is 0 Å². The van der Waals surface area contributed by atoms with E-state index in [9.17, 15) is 0 Å². The Morgan fingerprint density at radius 1 is 1.00 bits per heavy atom. The van der Waals surface area contributed by atoms with Crippen molar-refractivity contribution in [2.75, 3.05) is 6.54 Å². The third-order valence-corrected chi connectivity index (χ3v) is 5.89. The van der Waals surface area contributed by atoms with Gasteiger partial charge in [-0.05, 0) is 49.9 Å². The van der Waals surface area contributed by atoms with Crippen molar-refractivity contribution in [2.45, 2.75) is 101 Å². The molecule has 3 atom stereocenters. The molecule has 0 spiro atoms. The highest BCUT2D eigenvalue weighted by Crippen LogP contribution is 2.45. The Hall–Kier alpha value is -0.0400. The summed E-state index contributed by atoms with van der Waals surface area (Å²) < 4.78 is 0. The highest BCUT2D eigenvalue weighted by atomic mass is 15.2. The highest BCUT2D eigenvalue weighted by Gasteiger charge is 2.40. The second kappa shape index (κ2) is 9.18. The Morgan fingerprint density at radius 3 is 1.76 bits per heavy atom. The van der Waals surface area contributed by atoms with Crippen LogP contribution >= 0.6 is 0 Å². The van der Waals surface area contributed by atoms with Gasteiger partial charge in [0.1, 0.15) is 0 Å². The molecule has 128 valence electrons. The largest absolute Gasteiger partial charge is 0.298 e. The van der Waals surface area contributed by atoms with Gasteiger partial charge in [0.25, 0.3) is 0 Å². The zero-order chi connectivity index (χ0) is 16.8. The van der Waals surface area contributed by atoms with E-state index in [2.05, 4.69) is 60.3 Å². The molecule has 1 aliphatic heterocycles. The van der Waals surface area contributed by atoms with Gasteiger partial charge in [-0.3, -0.25) is 4.90 Å². The molecular weight excluding hydrogens is 254 g/mol. The van der Waals surface area contributed by atoms with Crippen LogP contribution in [0.1, 0.15) is 88.5 Å². The van der Waals surface area contributed by atoms with Gasteiger partial charge in [-0.15, -0.1) is 0 Å². The number of rotatable bonds is 5. The summed E-state index contributed by atoms with van der Waals surface area (Å²) in [6.07, 6.45) is 4.07. The first kappa shape index (κ1) is 21.0. The van der Waals surface area contributed by atoms with Crippen LogP contribution in [0.25, 0.3) is 0 Å². The monoisotopic (exact) mass is 297 g/mol. The van der Waals surface area contributed by atoms with Crippen LogP contribution in [-0.4, -0.2) is 23.5 Å². The van der Waals surface area contributed by atoms with Crippen molar-refractivity contribution in [1.29, 1.82) is 0 Å². The van der Waals surface area contributed by atoms with Crippen LogP contribution in [0.2, 0.25) is 0 Å².